The topological polar surface area (TPSA) is 55.8 Å². The quantitative estimate of drug-likeness (QED) is 0.872. The number of hydrogen-bond donors (Lipinski definition) is 1. The molecule has 1 aliphatic heterocycles. The molecule has 1 N–H and O–H groups in total. The van der Waals surface area contributed by atoms with Crippen LogP contribution in [-0.2, 0) is 4.74 Å². The molecule has 4 nitrogen and oxygen atoms in total. The van der Waals surface area contributed by atoms with Crippen LogP contribution in [0.25, 0.3) is 0 Å². The van der Waals surface area contributed by atoms with E-state index in [0.717, 1.165) is 32.5 Å². The van der Waals surface area contributed by atoms with Gasteiger partial charge in [0.15, 0.2) is 0 Å². The van der Waals surface area contributed by atoms with Gasteiger partial charge in [0, 0.05) is 13.2 Å². The van der Waals surface area contributed by atoms with Gasteiger partial charge in [-0.15, -0.1) is 0 Å². The van der Waals surface area contributed by atoms with Gasteiger partial charge in [-0.25, -0.2) is 4.79 Å². The summed E-state index contributed by atoms with van der Waals surface area (Å²) in [6.45, 7) is 2.33. The molecule has 0 amide bonds. The zero-order chi connectivity index (χ0) is 12.8. The molecule has 2 rings (SSSR count). The second kappa shape index (κ2) is 6.40. The molecule has 98 valence electrons. The predicted molar refractivity (Wildman–Crippen MR) is 67.1 cm³/mol. The molecule has 1 aliphatic rings. The van der Waals surface area contributed by atoms with Crippen molar-refractivity contribution < 1.29 is 19.4 Å². The first-order valence-electron chi connectivity index (χ1n) is 6.29. The lowest BCUT2D eigenvalue weighted by atomic mass is 9.97. The summed E-state index contributed by atoms with van der Waals surface area (Å²) < 4.78 is 10.9. The highest BCUT2D eigenvalue weighted by Crippen LogP contribution is 2.19. The molecule has 18 heavy (non-hydrogen) atoms. The molecule has 0 atom stereocenters. The van der Waals surface area contributed by atoms with E-state index in [0.29, 0.717) is 18.3 Å². The smallest absolute Gasteiger partial charge is 0.335 e. The van der Waals surface area contributed by atoms with Gasteiger partial charge in [-0.3, -0.25) is 0 Å². The Balaban J connectivity index is 1.78. The van der Waals surface area contributed by atoms with E-state index in [9.17, 15) is 4.79 Å². The van der Waals surface area contributed by atoms with Gasteiger partial charge >= 0.3 is 5.97 Å². The zero-order valence-corrected chi connectivity index (χ0v) is 10.3. The predicted octanol–water partition coefficient (Wildman–Crippen LogP) is 2.58. The van der Waals surface area contributed by atoms with E-state index in [-0.39, 0.29) is 5.56 Å². The van der Waals surface area contributed by atoms with Crippen molar-refractivity contribution in [2.24, 2.45) is 5.92 Å². The molecule has 1 saturated heterocycles. The molecule has 0 saturated carbocycles. The van der Waals surface area contributed by atoms with Crippen LogP contribution in [0.2, 0.25) is 0 Å². The Morgan fingerprint density at radius 1 is 1.39 bits per heavy atom. The maximum absolute atomic E-state index is 10.8. The minimum absolute atomic E-state index is 0.263. The monoisotopic (exact) mass is 250 g/mol. The summed E-state index contributed by atoms with van der Waals surface area (Å²) in [7, 11) is 0. The van der Waals surface area contributed by atoms with Gasteiger partial charge in [0.2, 0.25) is 0 Å². The summed E-state index contributed by atoms with van der Waals surface area (Å²) in [5.41, 5.74) is 0.263. The Morgan fingerprint density at radius 3 is 2.89 bits per heavy atom. The third-order valence-electron chi connectivity index (χ3n) is 3.22. The molecule has 1 fully saturated rings. The second-order valence-electron chi connectivity index (χ2n) is 4.53. The molecule has 0 spiro atoms. The largest absolute Gasteiger partial charge is 0.494 e. The first kappa shape index (κ1) is 12.9. The third-order valence-corrected chi connectivity index (χ3v) is 3.22. The van der Waals surface area contributed by atoms with Crippen molar-refractivity contribution in [2.75, 3.05) is 19.8 Å². The van der Waals surface area contributed by atoms with Crippen LogP contribution in [0.15, 0.2) is 24.3 Å². The second-order valence-corrected chi connectivity index (χ2v) is 4.53. The minimum atomic E-state index is -0.926. The van der Waals surface area contributed by atoms with Gasteiger partial charge < -0.3 is 14.6 Å². The number of carboxylic acid groups (broad SMARTS) is 1. The molecule has 0 aliphatic carbocycles. The number of rotatable bonds is 5. The van der Waals surface area contributed by atoms with Crippen LogP contribution < -0.4 is 4.74 Å². The number of benzene rings is 1. The minimum Gasteiger partial charge on any atom is -0.494 e. The summed E-state index contributed by atoms with van der Waals surface area (Å²) in [5.74, 6) is 0.369. The molecular weight excluding hydrogens is 232 g/mol. The average Bonchev–Trinajstić information content (AvgIpc) is 2.40. The van der Waals surface area contributed by atoms with Gasteiger partial charge in [-0.2, -0.15) is 0 Å². The standard InChI is InChI=1S/C14H18O4/c15-14(16)12-2-1-3-13(10-12)18-9-6-11-4-7-17-8-5-11/h1-3,10-11H,4-9H2,(H,15,16). The SMILES string of the molecule is O=C(O)c1cccc(OCCC2CCOCC2)c1. The molecule has 1 aromatic rings. The molecule has 1 aromatic carbocycles. The highest BCUT2D eigenvalue weighted by Gasteiger charge is 2.13. The number of aromatic carboxylic acids is 1. The summed E-state index contributed by atoms with van der Waals surface area (Å²) in [6.07, 6.45) is 3.19. The van der Waals surface area contributed by atoms with Crippen molar-refractivity contribution in [3.05, 3.63) is 29.8 Å². The number of hydrogen-bond acceptors (Lipinski definition) is 3. The molecule has 0 bridgehead atoms. The van der Waals surface area contributed by atoms with E-state index in [1.54, 1.807) is 24.3 Å². The average molecular weight is 250 g/mol. The lowest BCUT2D eigenvalue weighted by molar-refractivity contribution is 0.0592. The van der Waals surface area contributed by atoms with Crippen molar-refractivity contribution in [3.63, 3.8) is 0 Å². The maximum atomic E-state index is 10.8. The van der Waals surface area contributed by atoms with Crippen molar-refractivity contribution in [3.8, 4) is 5.75 Å². The van der Waals surface area contributed by atoms with E-state index >= 15 is 0 Å². The van der Waals surface area contributed by atoms with E-state index in [1.807, 2.05) is 0 Å². The third kappa shape index (κ3) is 3.74. The lowest BCUT2D eigenvalue weighted by Crippen LogP contribution is -2.17. The maximum Gasteiger partial charge on any atom is 0.335 e. The Hall–Kier alpha value is -1.55. The summed E-state index contributed by atoms with van der Waals surface area (Å²) >= 11 is 0. The van der Waals surface area contributed by atoms with E-state index in [1.165, 1.54) is 0 Å². The van der Waals surface area contributed by atoms with Crippen LogP contribution in [-0.4, -0.2) is 30.9 Å². The van der Waals surface area contributed by atoms with Crippen LogP contribution in [0.1, 0.15) is 29.6 Å². The van der Waals surface area contributed by atoms with Crippen LogP contribution in [0, 0.1) is 5.92 Å². The van der Waals surface area contributed by atoms with Gasteiger partial charge in [0.1, 0.15) is 5.75 Å². The molecule has 1 heterocycles. The Bertz CT molecular complexity index is 397. The van der Waals surface area contributed by atoms with E-state index < -0.39 is 5.97 Å². The highest BCUT2D eigenvalue weighted by atomic mass is 16.5. The van der Waals surface area contributed by atoms with Crippen LogP contribution in [0.3, 0.4) is 0 Å². The summed E-state index contributed by atoms with van der Waals surface area (Å²) in [4.78, 5) is 10.8. The molecule has 0 radical (unpaired) electrons. The van der Waals surface area contributed by atoms with Gasteiger partial charge in [-0.05, 0) is 43.4 Å². The van der Waals surface area contributed by atoms with Crippen molar-refractivity contribution in [1.29, 1.82) is 0 Å². The first-order valence-corrected chi connectivity index (χ1v) is 6.29. The summed E-state index contributed by atoms with van der Waals surface area (Å²) in [5, 5.41) is 8.87. The molecule has 0 unspecified atom stereocenters. The molecule has 4 heteroatoms. The normalized spacial score (nSPS) is 16.4. The van der Waals surface area contributed by atoms with Crippen molar-refractivity contribution >= 4 is 5.97 Å². The van der Waals surface area contributed by atoms with Crippen molar-refractivity contribution in [1.82, 2.24) is 0 Å². The fraction of sp³-hybridized carbons (Fsp3) is 0.500. The first-order chi connectivity index (χ1) is 8.75. The Kier molecular flexibility index (Phi) is 4.59. The van der Waals surface area contributed by atoms with Crippen LogP contribution in [0.5, 0.6) is 5.75 Å². The molecular formula is C14H18O4. The van der Waals surface area contributed by atoms with Crippen LogP contribution in [0.4, 0.5) is 0 Å². The number of carbonyl (C=O) groups is 1. The van der Waals surface area contributed by atoms with E-state index in [4.69, 9.17) is 14.6 Å². The van der Waals surface area contributed by atoms with E-state index in [2.05, 4.69) is 0 Å². The zero-order valence-electron chi connectivity index (χ0n) is 10.3. The number of carboxylic acids is 1. The molecule has 0 aromatic heterocycles. The number of ether oxygens (including phenoxy) is 2. The Labute approximate surface area is 107 Å². The Morgan fingerprint density at radius 2 is 2.17 bits per heavy atom. The van der Waals surface area contributed by atoms with Crippen LogP contribution >= 0.6 is 0 Å². The van der Waals surface area contributed by atoms with Gasteiger partial charge in [0.25, 0.3) is 0 Å². The highest BCUT2D eigenvalue weighted by molar-refractivity contribution is 5.87. The fourth-order valence-electron chi connectivity index (χ4n) is 2.10. The summed E-state index contributed by atoms with van der Waals surface area (Å²) in [6, 6.07) is 6.61. The fourth-order valence-corrected chi connectivity index (χ4v) is 2.10. The van der Waals surface area contributed by atoms with Gasteiger partial charge in [-0.1, -0.05) is 6.07 Å². The lowest BCUT2D eigenvalue weighted by Gasteiger charge is -2.21. The van der Waals surface area contributed by atoms with Crippen molar-refractivity contribution in [2.45, 2.75) is 19.3 Å². The van der Waals surface area contributed by atoms with Gasteiger partial charge in [0.05, 0.1) is 12.2 Å².